The van der Waals surface area contributed by atoms with E-state index >= 15 is 0 Å². The first-order chi connectivity index (χ1) is 29.1. The molecule has 0 saturated heterocycles. The lowest BCUT2D eigenvalue weighted by atomic mass is 10.0. The van der Waals surface area contributed by atoms with Gasteiger partial charge in [-0.25, -0.2) is 9.59 Å². The number of methoxy groups -OCH3 is 4. The Morgan fingerprint density at radius 1 is 0.706 bits per heavy atom. The molecule has 6 rings (SSSR count). The molecule has 2 heterocycles. The van der Waals surface area contributed by atoms with E-state index in [9.17, 15) is 29.8 Å². The highest BCUT2D eigenvalue weighted by molar-refractivity contribution is 5.91. The van der Waals surface area contributed by atoms with Crippen LogP contribution in [-0.2, 0) is 29.4 Å². The third-order valence-electron chi connectivity index (χ3n) is 8.00. The van der Waals surface area contributed by atoms with Crippen LogP contribution >= 0.6 is 0 Å². The molecule has 0 radical (unpaired) electrons. The van der Waals surface area contributed by atoms with Gasteiger partial charge in [-0.3, -0.25) is 20.2 Å². The Morgan fingerprint density at radius 2 is 1.25 bits per heavy atom. The number of hydrogen-bond acceptors (Lipinski definition) is 10. The molecule has 0 saturated carbocycles. The van der Waals surface area contributed by atoms with Gasteiger partial charge in [-0.2, -0.15) is 0 Å². The average Bonchev–Trinajstić information content (AvgIpc) is 3.69. The van der Waals surface area contributed by atoms with Gasteiger partial charge in [0.05, 0.1) is 65.6 Å². The van der Waals surface area contributed by atoms with Gasteiger partial charge in [-0.1, -0.05) is 12.1 Å². The number of nitrogens with one attached hydrogen (secondary N) is 1. The summed E-state index contributed by atoms with van der Waals surface area (Å²) in [7, 11) is -9.82. The molecule has 6 aromatic rings. The lowest BCUT2D eigenvalue weighted by molar-refractivity contribution is -0.384. The summed E-state index contributed by atoms with van der Waals surface area (Å²) in [4.78, 5) is 48.3. The third kappa shape index (κ3) is 7.64. The van der Waals surface area contributed by atoms with Crippen molar-refractivity contribution >= 4 is 45.1 Å². The Morgan fingerprint density at radius 3 is 1.80 bits per heavy atom. The van der Waals surface area contributed by atoms with E-state index in [4.69, 9.17) is 25.9 Å². The molecule has 0 atom stereocenters. The average molecular weight is 707 g/mol. The van der Waals surface area contributed by atoms with Crippen molar-refractivity contribution in [1.82, 2.24) is 9.55 Å². The number of non-ortho nitro benzene ring substituents is 2. The zero-order valence-electron chi connectivity index (χ0n) is 38.4. The van der Waals surface area contributed by atoms with Crippen molar-refractivity contribution < 1.29 is 54.8 Å². The number of benzene rings is 4. The monoisotopic (exact) mass is 706 g/mol. The summed E-state index contributed by atoms with van der Waals surface area (Å²) < 4.78 is 107. The number of hydrogen-bond donors (Lipinski definition) is 1. The van der Waals surface area contributed by atoms with Crippen LogP contribution in [-0.4, -0.2) is 59.5 Å². The second kappa shape index (κ2) is 15.2. The molecule has 51 heavy (non-hydrogen) atoms. The molecule has 14 nitrogen and oxygen atoms in total. The first-order valence-electron chi connectivity index (χ1n) is 20.6. The highest BCUT2D eigenvalue weighted by Gasteiger charge is 2.17. The van der Waals surface area contributed by atoms with Gasteiger partial charge < -0.3 is 28.5 Å². The number of aryl methyl sites for hydroxylation is 1. The second-order valence-corrected chi connectivity index (χ2v) is 11.0. The van der Waals surface area contributed by atoms with Crippen molar-refractivity contribution in [1.29, 1.82) is 0 Å². The number of rotatable bonds is 10. The van der Waals surface area contributed by atoms with Crippen LogP contribution in [0.5, 0.6) is 11.5 Å². The van der Waals surface area contributed by atoms with Gasteiger partial charge in [-0.15, -0.1) is 0 Å². The lowest BCUT2D eigenvalue weighted by Gasteiger charge is -2.10. The van der Waals surface area contributed by atoms with Gasteiger partial charge in [0.25, 0.3) is 11.4 Å². The van der Waals surface area contributed by atoms with Crippen molar-refractivity contribution in [3.63, 3.8) is 0 Å². The van der Waals surface area contributed by atoms with Gasteiger partial charge in [0, 0.05) is 78.4 Å². The topological polar surface area (TPSA) is 178 Å². The Balaban J connectivity index is 0.000000238. The third-order valence-corrected chi connectivity index (χ3v) is 8.00. The van der Waals surface area contributed by atoms with Crippen molar-refractivity contribution in [2.24, 2.45) is 7.05 Å². The van der Waals surface area contributed by atoms with E-state index in [2.05, 4.69) is 14.5 Å². The molecule has 262 valence electrons. The number of carbonyl (C=O) groups excluding carboxylic acids is 2. The summed E-state index contributed by atoms with van der Waals surface area (Å²) in [5, 5.41) is 23.4. The SMILES string of the molecule is [2H]C([2H])([2H])OC(=O)c1ccc(Cc2c[nH]c3ccc([N+](=O)[O-])cc23)c(OC([2H])([2H])[2H])c1.[2H]C([2H])([2H])OC(=O)c1ccc(Cc2cn(C)c3ccc([N+](=O)[O-])cc23)c(OC([2H])([2H])[2H])c1. The minimum absolute atomic E-state index is 0.0910. The number of esters is 2. The second-order valence-electron chi connectivity index (χ2n) is 11.0. The van der Waals surface area contributed by atoms with Gasteiger partial charge >= 0.3 is 11.9 Å². The minimum Gasteiger partial charge on any atom is -0.496 e. The Hall–Kier alpha value is -6.70. The summed E-state index contributed by atoms with van der Waals surface area (Å²) in [6.07, 6.45) is 3.65. The van der Waals surface area contributed by atoms with Gasteiger partial charge in [0.15, 0.2) is 0 Å². The molecular formula is C37H34N4O10. The number of carbonyl (C=O) groups is 2. The molecule has 2 aromatic heterocycles. The molecule has 0 aliphatic carbocycles. The number of aromatic amines is 1. The summed E-state index contributed by atoms with van der Waals surface area (Å²) in [5.74, 6) is -2.65. The maximum Gasteiger partial charge on any atom is 0.337 e. The van der Waals surface area contributed by atoms with E-state index in [1.807, 2.05) is 0 Å². The zero-order valence-corrected chi connectivity index (χ0v) is 26.4. The van der Waals surface area contributed by atoms with E-state index in [0.717, 1.165) is 17.6 Å². The van der Waals surface area contributed by atoms with Crippen LogP contribution in [0.1, 0.15) is 59.4 Å². The van der Waals surface area contributed by atoms with Crippen molar-refractivity contribution in [3.05, 3.63) is 139 Å². The van der Waals surface area contributed by atoms with Crippen molar-refractivity contribution in [2.75, 3.05) is 28.2 Å². The summed E-state index contributed by atoms with van der Waals surface area (Å²) in [6, 6.07) is 16.4. The van der Waals surface area contributed by atoms with E-state index in [1.54, 1.807) is 36.1 Å². The van der Waals surface area contributed by atoms with E-state index in [1.165, 1.54) is 48.5 Å². The number of nitro groups is 2. The van der Waals surface area contributed by atoms with Crippen LogP contribution < -0.4 is 9.47 Å². The fraction of sp³-hybridized carbons (Fsp3) is 0.189. The number of ether oxygens (including phenoxy) is 4. The number of fused-ring (bicyclic) bond motifs is 2. The highest BCUT2D eigenvalue weighted by Crippen LogP contribution is 2.31. The van der Waals surface area contributed by atoms with Gasteiger partial charge in [0.1, 0.15) is 11.5 Å². The molecule has 0 spiro atoms. The first kappa shape index (κ1) is 22.8. The summed E-state index contributed by atoms with van der Waals surface area (Å²) in [6.45, 7) is 0. The molecular weight excluding hydrogens is 660 g/mol. The molecule has 0 aliphatic heterocycles. The number of H-pyrrole nitrogens is 1. The largest absolute Gasteiger partial charge is 0.496 e. The van der Waals surface area contributed by atoms with E-state index in [-0.39, 0.29) is 46.8 Å². The smallest absolute Gasteiger partial charge is 0.337 e. The number of nitro benzene ring substituents is 2. The molecule has 0 aliphatic rings. The molecule has 14 heteroatoms. The van der Waals surface area contributed by atoms with Gasteiger partial charge in [0.2, 0.25) is 0 Å². The quantitative estimate of drug-likeness (QED) is 0.0892. The molecule has 0 amide bonds. The molecule has 0 bridgehead atoms. The van der Waals surface area contributed by atoms with Crippen LogP contribution in [0.4, 0.5) is 11.4 Å². The fourth-order valence-corrected chi connectivity index (χ4v) is 5.52. The van der Waals surface area contributed by atoms with E-state index < -0.39 is 49.9 Å². The standard InChI is InChI=1S/C19H18N2O5.C18H16N2O5/c1-20-11-14(16-10-15(21(23)24)6-7-17(16)20)8-12-4-5-13(19(22)26-3)9-18(12)25-2;1-24-17-8-12(18(21)25-2)4-3-11(17)7-13-10-19-16-6-5-14(20(22)23)9-15(13)16/h4-7,9-11H,8H2,1-3H3;3-6,8-10,19H,7H2,1-2H3/i2D3,3D3;1D3,2D3. The van der Waals surface area contributed by atoms with Crippen molar-refractivity contribution in [2.45, 2.75) is 12.8 Å². The minimum atomic E-state index is -2.96. The molecule has 0 unspecified atom stereocenters. The summed E-state index contributed by atoms with van der Waals surface area (Å²) >= 11 is 0. The Labute approximate surface area is 308 Å². The highest BCUT2D eigenvalue weighted by atomic mass is 16.6. The van der Waals surface area contributed by atoms with Gasteiger partial charge in [-0.05, 0) is 58.7 Å². The Bertz CT molecular complexity index is 2720. The van der Waals surface area contributed by atoms with E-state index in [0.29, 0.717) is 38.5 Å². The van der Waals surface area contributed by atoms with Crippen molar-refractivity contribution in [3.8, 4) is 11.5 Å². The number of aromatic nitrogens is 2. The van der Waals surface area contributed by atoms with Crippen LogP contribution in [0.15, 0.2) is 85.2 Å². The molecule has 0 fully saturated rings. The maximum atomic E-state index is 12.1. The summed E-state index contributed by atoms with van der Waals surface area (Å²) in [5.41, 5.74) is 2.84. The predicted octanol–water partition coefficient (Wildman–Crippen LogP) is 6.93. The van der Waals surface area contributed by atoms with Crippen LogP contribution in [0.25, 0.3) is 21.8 Å². The van der Waals surface area contributed by atoms with Crippen LogP contribution in [0, 0.1) is 20.2 Å². The predicted molar refractivity (Wildman–Crippen MR) is 189 cm³/mol. The zero-order chi connectivity index (χ0) is 46.8. The molecule has 4 aromatic carbocycles. The molecule has 1 N–H and O–H groups in total. The van der Waals surface area contributed by atoms with Crippen LogP contribution in [0.3, 0.4) is 0 Å². The van der Waals surface area contributed by atoms with Crippen LogP contribution in [0.2, 0.25) is 0 Å². The Kier molecular flexibility index (Phi) is 6.83. The first-order valence-corrected chi connectivity index (χ1v) is 14.6. The maximum absolute atomic E-state index is 12.1. The lowest BCUT2D eigenvalue weighted by Crippen LogP contribution is -2.03. The normalized spacial score (nSPS) is 15.2. The number of nitrogens with zero attached hydrogens (tertiary/aromatic N) is 3. The fourth-order valence-electron chi connectivity index (χ4n) is 5.52.